The predicted molar refractivity (Wildman–Crippen MR) is 90.6 cm³/mol. The summed E-state index contributed by atoms with van der Waals surface area (Å²) in [6.45, 7) is 3.90. The first-order chi connectivity index (χ1) is 11.6. The Morgan fingerprint density at radius 2 is 2.25 bits per heavy atom. The molecular weight excluding hydrogens is 309 g/mol. The largest absolute Gasteiger partial charge is 0.472 e. The molecule has 0 atom stereocenters. The van der Waals surface area contributed by atoms with Crippen LogP contribution in [0.25, 0.3) is 11.1 Å². The van der Waals surface area contributed by atoms with Gasteiger partial charge in [-0.25, -0.2) is 4.39 Å². The van der Waals surface area contributed by atoms with Crippen molar-refractivity contribution in [2.24, 2.45) is 0 Å². The Morgan fingerprint density at radius 3 is 2.88 bits per heavy atom. The second-order valence-corrected chi connectivity index (χ2v) is 6.15. The molecule has 1 fully saturated rings. The molecular formula is C18H22FN3O2. The van der Waals surface area contributed by atoms with Crippen LogP contribution in [0.15, 0.2) is 47.3 Å². The van der Waals surface area contributed by atoms with E-state index in [4.69, 9.17) is 9.83 Å². The van der Waals surface area contributed by atoms with Crippen molar-refractivity contribution < 1.29 is 13.9 Å². The van der Waals surface area contributed by atoms with E-state index >= 15 is 0 Å². The van der Waals surface area contributed by atoms with Crippen LogP contribution in [0, 0.1) is 5.41 Å². The molecule has 0 aliphatic carbocycles. The number of allylic oxidation sites excluding steroid dienone is 2. The third-order valence-electron chi connectivity index (χ3n) is 4.17. The molecule has 2 N–H and O–H groups in total. The number of aromatic nitrogens is 1. The number of aliphatic hydroxyl groups excluding tert-OH is 1. The van der Waals surface area contributed by atoms with Crippen LogP contribution in [-0.4, -0.2) is 39.6 Å². The predicted octanol–water partition coefficient (Wildman–Crippen LogP) is 3.40. The monoisotopic (exact) mass is 331 g/mol. The topological polar surface area (TPSA) is 65.4 Å². The lowest BCUT2D eigenvalue weighted by Gasteiger charge is -2.35. The zero-order valence-electron chi connectivity index (χ0n) is 13.7. The number of unbranched alkanes of at least 4 members (excludes halogenated alkanes) is 1. The number of nitrogens with zero attached hydrogens (tertiary/aromatic N) is 2. The average molecular weight is 331 g/mol. The van der Waals surface area contributed by atoms with Crippen LogP contribution in [0.2, 0.25) is 0 Å². The fourth-order valence-corrected chi connectivity index (χ4v) is 2.83. The van der Waals surface area contributed by atoms with E-state index in [1.807, 2.05) is 13.0 Å². The molecule has 1 saturated heterocycles. The molecule has 0 radical (unpaired) electrons. The maximum absolute atomic E-state index is 14.1. The Bertz CT molecular complexity index is 728. The number of likely N-dealkylation sites (tertiary alicyclic amines) is 1. The normalized spacial score (nSPS) is 16.4. The average Bonchev–Trinajstić information content (AvgIpc) is 3.19. The summed E-state index contributed by atoms with van der Waals surface area (Å²) in [5.41, 5.74) is 2.80. The number of β-amino-alcohol motifs (C(OH)–C–C–N with tert-alkyl or cyclic N) is 1. The highest BCUT2D eigenvalue weighted by Gasteiger charge is 2.26. The molecule has 6 heteroatoms. The van der Waals surface area contributed by atoms with E-state index in [2.05, 4.69) is 4.90 Å². The molecule has 0 aromatic carbocycles. The second-order valence-electron chi connectivity index (χ2n) is 6.15. The van der Waals surface area contributed by atoms with Crippen LogP contribution >= 0.6 is 0 Å². The first kappa shape index (κ1) is 16.7. The van der Waals surface area contributed by atoms with Gasteiger partial charge in [-0.1, -0.05) is 13.3 Å². The lowest BCUT2D eigenvalue weighted by atomic mass is 10.1. The van der Waals surface area contributed by atoms with Crippen molar-refractivity contribution in [2.75, 3.05) is 13.1 Å². The van der Waals surface area contributed by atoms with E-state index in [9.17, 15) is 9.50 Å². The zero-order chi connectivity index (χ0) is 17.1. The fourth-order valence-electron chi connectivity index (χ4n) is 2.83. The smallest absolute Gasteiger partial charge is 0.165 e. The van der Waals surface area contributed by atoms with E-state index < -0.39 is 5.83 Å². The number of halogens is 1. The van der Waals surface area contributed by atoms with Crippen LogP contribution < -0.4 is 0 Å². The lowest BCUT2D eigenvalue weighted by Crippen LogP contribution is -2.49. The summed E-state index contributed by atoms with van der Waals surface area (Å²) in [5.74, 6) is -0.681. The van der Waals surface area contributed by atoms with Gasteiger partial charge in [-0.15, -0.1) is 0 Å². The minimum Gasteiger partial charge on any atom is -0.472 e. The Hall–Kier alpha value is -2.18. The van der Waals surface area contributed by atoms with Gasteiger partial charge in [0, 0.05) is 43.2 Å². The van der Waals surface area contributed by atoms with Crippen LogP contribution in [0.3, 0.4) is 0 Å². The molecule has 3 heterocycles. The molecule has 0 amide bonds. The Kier molecular flexibility index (Phi) is 4.97. The van der Waals surface area contributed by atoms with E-state index in [0.29, 0.717) is 26.1 Å². The van der Waals surface area contributed by atoms with Gasteiger partial charge in [-0.05, 0) is 24.1 Å². The molecule has 2 aromatic heterocycles. The van der Waals surface area contributed by atoms with Gasteiger partial charge in [-0.2, -0.15) is 0 Å². The third kappa shape index (κ3) is 3.49. The van der Waals surface area contributed by atoms with Crippen molar-refractivity contribution in [3.8, 4) is 11.1 Å². The molecule has 128 valence electrons. The van der Waals surface area contributed by atoms with Crippen molar-refractivity contribution in [1.29, 1.82) is 5.41 Å². The van der Waals surface area contributed by atoms with Gasteiger partial charge < -0.3 is 14.1 Å². The fraction of sp³-hybridized carbons (Fsp3) is 0.389. The summed E-state index contributed by atoms with van der Waals surface area (Å²) in [6, 6.07) is 1.85. The summed E-state index contributed by atoms with van der Waals surface area (Å²) in [7, 11) is 0. The summed E-state index contributed by atoms with van der Waals surface area (Å²) in [6.07, 6.45) is 9.42. The Labute approximate surface area is 140 Å². The van der Waals surface area contributed by atoms with Crippen molar-refractivity contribution in [1.82, 2.24) is 9.47 Å². The highest BCUT2D eigenvalue weighted by atomic mass is 19.1. The zero-order valence-corrected chi connectivity index (χ0v) is 13.7. The lowest BCUT2D eigenvalue weighted by molar-refractivity contribution is -0.00277. The van der Waals surface area contributed by atoms with Crippen LogP contribution in [0.1, 0.15) is 25.3 Å². The van der Waals surface area contributed by atoms with Crippen molar-refractivity contribution in [3.63, 3.8) is 0 Å². The van der Waals surface area contributed by atoms with Crippen molar-refractivity contribution in [3.05, 3.63) is 48.5 Å². The number of hydrogen-bond acceptors (Lipinski definition) is 4. The van der Waals surface area contributed by atoms with E-state index in [1.54, 1.807) is 24.9 Å². The summed E-state index contributed by atoms with van der Waals surface area (Å²) >= 11 is 0. The van der Waals surface area contributed by atoms with E-state index in [1.165, 1.54) is 10.6 Å². The molecule has 2 aromatic rings. The Morgan fingerprint density at radius 1 is 1.46 bits per heavy atom. The minimum absolute atomic E-state index is 0.164. The summed E-state index contributed by atoms with van der Waals surface area (Å²) in [4.78, 5) is 2.11. The molecule has 1 aliphatic heterocycles. The molecule has 24 heavy (non-hydrogen) atoms. The van der Waals surface area contributed by atoms with Gasteiger partial charge in [0.05, 0.1) is 18.6 Å². The first-order valence-corrected chi connectivity index (χ1v) is 8.17. The number of hydrogen-bond donors (Lipinski definition) is 2. The molecule has 5 nitrogen and oxygen atoms in total. The molecule has 0 bridgehead atoms. The second kappa shape index (κ2) is 7.15. The van der Waals surface area contributed by atoms with Gasteiger partial charge in [0.2, 0.25) is 0 Å². The van der Waals surface area contributed by atoms with Crippen LogP contribution in [0.4, 0.5) is 4.39 Å². The van der Waals surface area contributed by atoms with E-state index in [0.717, 1.165) is 23.1 Å². The minimum atomic E-state index is -0.517. The first-order valence-electron chi connectivity index (χ1n) is 8.17. The van der Waals surface area contributed by atoms with Crippen molar-refractivity contribution in [2.45, 2.75) is 32.4 Å². The van der Waals surface area contributed by atoms with Gasteiger partial charge in [0.25, 0.3) is 0 Å². The summed E-state index contributed by atoms with van der Waals surface area (Å²) in [5, 5.41) is 17.5. The quantitative estimate of drug-likeness (QED) is 0.630. The molecule has 0 saturated carbocycles. The molecule has 0 spiro atoms. The standard InChI is InChI=1S/C18H22FN3O2/c1-2-3-4-17(19)18(20)22-8-14(7-21-9-15(23)10-21)16(11-22)13-5-6-24-12-13/h4-6,8,11-12,15,20,23H,2-3,7,9-10H2,1H3. The maximum Gasteiger partial charge on any atom is 0.165 e. The van der Waals surface area contributed by atoms with Gasteiger partial charge in [0.1, 0.15) is 0 Å². The number of nitrogens with one attached hydrogen (secondary N) is 1. The van der Waals surface area contributed by atoms with E-state index in [-0.39, 0.29) is 11.9 Å². The van der Waals surface area contributed by atoms with Gasteiger partial charge >= 0.3 is 0 Å². The van der Waals surface area contributed by atoms with Gasteiger partial charge in [-0.3, -0.25) is 10.3 Å². The summed E-state index contributed by atoms with van der Waals surface area (Å²) < 4.78 is 20.8. The molecule has 3 rings (SSSR count). The molecule has 1 aliphatic rings. The maximum atomic E-state index is 14.1. The number of furan rings is 1. The highest BCUT2D eigenvalue weighted by Crippen LogP contribution is 2.28. The SMILES string of the molecule is CCCC=C(F)C(=N)n1cc(CN2CC(O)C2)c(-c2ccoc2)c1. The third-order valence-corrected chi connectivity index (χ3v) is 4.17. The highest BCUT2D eigenvalue weighted by molar-refractivity contribution is 5.96. The van der Waals surface area contributed by atoms with Crippen molar-refractivity contribution >= 4 is 5.84 Å². The number of aliphatic hydroxyl groups is 1. The molecule has 0 unspecified atom stereocenters. The Balaban J connectivity index is 1.87. The van der Waals surface area contributed by atoms with Crippen LogP contribution in [-0.2, 0) is 6.54 Å². The van der Waals surface area contributed by atoms with Crippen LogP contribution in [0.5, 0.6) is 0 Å². The van der Waals surface area contributed by atoms with Gasteiger partial charge in [0.15, 0.2) is 11.7 Å². The number of rotatable bonds is 6.